The van der Waals surface area contributed by atoms with E-state index in [1.807, 2.05) is 11.3 Å². The molecular formula is C26H33N3OS. The Bertz CT molecular complexity index is 1230. The van der Waals surface area contributed by atoms with E-state index in [1.54, 1.807) is 7.11 Å². The molecule has 0 aliphatic carbocycles. The molecule has 4 nitrogen and oxygen atoms in total. The average molecular weight is 436 g/mol. The van der Waals surface area contributed by atoms with Crippen molar-refractivity contribution >= 4 is 27.1 Å². The van der Waals surface area contributed by atoms with Crippen LogP contribution in [0.3, 0.4) is 0 Å². The molecule has 5 heteroatoms. The van der Waals surface area contributed by atoms with Crippen molar-refractivity contribution in [1.29, 1.82) is 0 Å². The number of rotatable bonds is 7. The fraction of sp³-hybridized carbons (Fsp3) is 0.462. The molecular weight excluding hydrogens is 402 g/mol. The number of benzene rings is 1. The van der Waals surface area contributed by atoms with Gasteiger partial charge in [-0.3, -0.25) is 0 Å². The van der Waals surface area contributed by atoms with Crippen LogP contribution in [0.5, 0.6) is 0 Å². The molecule has 3 aromatic heterocycles. The number of nitrogens with zero attached hydrogens (tertiary/aromatic N) is 3. The normalized spacial score (nSPS) is 13.0. The Hall–Kier alpha value is -2.24. The van der Waals surface area contributed by atoms with Gasteiger partial charge in [0.15, 0.2) is 5.65 Å². The Balaban J connectivity index is 1.99. The summed E-state index contributed by atoms with van der Waals surface area (Å²) in [5.41, 5.74) is 8.16. The molecule has 0 radical (unpaired) electrons. The molecule has 1 atom stereocenters. The molecule has 3 heterocycles. The van der Waals surface area contributed by atoms with E-state index < -0.39 is 0 Å². The molecule has 164 valence electrons. The van der Waals surface area contributed by atoms with Gasteiger partial charge in [-0.1, -0.05) is 32.0 Å². The maximum absolute atomic E-state index is 5.54. The third-order valence-electron chi connectivity index (χ3n) is 6.45. The maximum atomic E-state index is 5.54. The third kappa shape index (κ3) is 3.79. The van der Waals surface area contributed by atoms with Crippen LogP contribution < -0.4 is 0 Å². The second kappa shape index (κ2) is 8.71. The number of thiophene rings is 1. The van der Waals surface area contributed by atoms with Gasteiger partial charge >= 0.3 is 0 Å². The van der Waals surface area contributed by atoms with Crippen molar-refractivity contribution in [2.45, 2.75) is 72.8 Å². The van der Waals surface area contributed by atoms with Gasteiger partial charge in [-0.25, -0.2) is 9.50 Å². The van der Waals surface area contributed by atoms with Crippen LogP contribution in [0.2, 0.25) is 0 Å². The number of hydrogen-bond donors (Lipinski definition) is 0. The summed E-state index contributed by atoms with van der Waals surface area (Å²) < 4.78 is 9.00. The van der Waals surface area contributed by atoms with Crippen LogP contribution >= 0.6 is 11.3 Å². The van der Waals surface area contributed by atoms with Crippen molar-refractivity contribution in [1.82, 2.24) is 14.6 Å². The van der Waals surface area contributed by atoms with Crippen LogP contribution in [-0.4, -0.2) is 27.8 Å². The first kappa shape index (κ1) is 22.0. The lowest BCUT2D eigenvalue weighted by Crippen LogP contribution is -2.08. The number of aryl methyl sites for hydroxylation is 3. The molecule has 0 saturated heterocycles. The number of ether oxygens (including phenoxy) is 1. The van der Waals surface area contributed by atoms with Crippen molar-refractivity contribution in [3.8, 4) is 11.3 Å². The fourth-order valence-electron chi connectivity index (χ4n) is 4.74. The number of fused-ring (bicyclic) bond motifs is 2. The van der Waals surface area contributed by atoms with Crippen LogP contribution in [0.4, 0.5) is 0 Å². The first-order valence-corrected chi connectivity index (χ1v) is 12.1. The highest BCUT2D eigenvalue weighted by Crippen LogP contribution is 2.42. The van der Waals surface area contributed by atoms with Crippen molar-refractivity contribution in [3.05, 3.63) is 51.7 Å². The molecule has 31 heavy (non-hydrogen) atoms. The minimum Gasteiger partial charge on any atom is -0.381 e. The number of aromatic nitrogens is 3. The molecule has 0 aliphatic heterocycles. The van der Waals surface area contributed by atoms with Crippen LogP contribution in [0.15, 0.2) is 24.3 Å². The molecule has 0 saturated carbocycles. The van der Waals surface area contributed by atoms with Gasteiger partial charge in [0.05, 0.1) is 23.2 Å². The van der Waals surface area contributed by atoms with E-state index in [0.717, 1.165) is 42.0 Å². The van der Waals surface area contributed by atoms with E-state index >= 15 is 0 Å². The molecule has 0 spiro atoms. The van der Waals surface area contributed by atoms with Crippen molar-refractivity contribution in [2.24, 2.45) is 0 Å². The fourth-order valence-corrected chi connectivity index (χ4v) is 5.92. The van der Waals surface area contributed by atoms with E-state index in [-0.39, 0.29) is 6.10 Å². The van der Waals surface area contributed by atoms with E-state index in [0.29, 0.717) is 5.92 Å². The van der Waals surface area contributed by atoms with Gasteiger partial charge in [0.25, 0.3) is 0 Å². The summed E-state index contributed by atoms with van der Waals surface area (Å²) in [5, 5.41) is 6.23. The Morgan fingerprint density at radius 2 is 1.87 bits per heavy atom. The molecule has 0 aliphatic rings. The minimum atomic E-state index is 0.195. The van der Waals surface area contributed by atoms with E-state index in [2.05, 4.69) is 70.3 Å². The second-order valence-corrected chi connectivity index (χ2v) is 9.84. The zero-order chi connectivity index (χ0) is 22.3. The molecule has 4 aromatic rings. The highest BCUT2D eigenvalue weighted by Gasteiger charge is 2.23. The Labute approximate surface area is 189 Å². The molecule has 0 N–H and O–H groups in total. The van der Waals surface area contributed by atoms with E-state index in [1.165, 1.54) is 31.7 Å². The first-order chi connectivity index (χ1) is 14.9. The quantitative estimate of drug-likeness (QED) is 0.313. The first-order valence-electron chi connectivity index (χ1n) is 11.3. The predicted octanol–water partition coefficient (Wildman–Crippen LogP) is 7.02. The molecule has 4 rings (SSSR count). The van der Waals surface area contributed by atoms with Gasteiger partial charge in [0.2, 0.25) is 0 Å². The lowest BCUT2D eigenvalue weighted by molar-refractivity contribution is 0.119. The summed E-state index contributed by atoms with van der Waals surface area (Å²) in [4.78, 5) is 6.35. The summed E-state index contributed by atoms with van der Waals surface area (Å²) in [6.07, 6.45) is 3.33. The second-order valence-electron chi connectivity index (χ2n) is 8.61. The Morgan fingerprint density at radius 1 is 1.13 bits per heavy atom. The lowest BCUT2D eigenvalue weighted by Gasteiger charge is -2.15. The number of imidazole rings is 1. The largest absolute Gasteiger partial charge is 0.381 e. The van der Waals surface area contributed by atoms with E-state index in [9.17, 15) is 0 Å². The van der Waals surface area contributed by atoms with Gasteiger partial charge in [0, 0.05) is 33.2 Å². The Morgan fingerprint density at radius 3 is 2.55 bits per heavy atom. The Kier molecular flexibility index (Phi) is 6.18. The van der Waals surface area contributed by atoms with Gasteiger partial charge in [-0.2, -0.15) is 5.10 Å². The SMILES string of the molecule is CCC(CC)c1cc(C)nn2c(-c3c(C)sc4c(CC(C)OC)cccc34)c(C)nc12. The molecule has 0 bridgehead atoms. The summed E-state index contributed by atoms with van der Waals surface area (Å²) in [7, 11) is 1.78. The van der Waals surface area contributed by atoms with Crippen molar-refractivity contribution < 1.29 is 4.74 Å². The van der Waals surface area contributed by atoms with Crippen LogP contribution in [0.1, 0.15) is 66.9 Å². The van der Waals surface area contributed by atoms with Crippen LogP contribution in [0, 0.1) is 20.8 Å². The minimum absolute atomic E-state index is 0.195. The highest BCUT2D eigenvalue weighted by molar-refractivity contribution is 7.19. The zero-order valence-electron chi connectivity index (χ0n) is 19.7. The maximum Gasteiger partial charge on any atom is 0.157 e. The molecule has 1 unspecified atom stereocenters. The topological polar surface area (TPSA) is 39.4 Å². The zero-order valence-corrected chi connectivity index (χ0v) is 20.6. The monoisotopic (exact) mass is 435 g/mol. The number of hydrogen-bond acceptors (Lipinski definition) is 4. The third-order valence-corrected chi connectivity index (χ3v) is 7.65. The van der Waals surface area contributed by atoms with Crippen molar-refractivity contribution in [2.75, 3.05) is 7.11 Å². The lowest BCUT2D eigenvalue weighted by atomic mass is 9.95. The summed E-state index contributed by atoms with van der Waals surface area (Å²) in [6.45, 7) is 13.1. The average Bonchev–Trinajstić information content (AvgIpc) is 3.24. The van der Waals surface area contributed by atoms with Gasteiger partial charge < -0.3 is 4.74 Å². The number of methoxy groups -OCH3 is 1. The standard InChI is InChI=1S/C26H33N3OS/c1-8-19(9-2)22-13-15(3)28-29-24(17(5)27-26(22)29)23-18(6)31-25-20(14-16(4)30-7)11-10-12-21(23)25/h10-13,16,19H,8-9,14H2,1-7H3. The van der Waals surface area contributed by atoms with Gasteiger partial charge in [-0.15, -0.1) is 11.3 Å². The smallest absolute Gasteiger partial charge is 0.157 e. The molecule has 0 fully saturated rings. The van der Waals surface area contributed by atoms with Crippen LogP contribution in [-0.2, 0) is 11.2 Å². The van der Waals surface area contributed by atoms with Crippen molar-refractivity contribution in [3.63, 3.8) is 0 Å². The van der Waals surface area contributed by atoms with Crippen LogP contribution in [0.25, 0.3) is 27.0 Å². The predicted molar refractivity (Wildman–Crippen MR) is 132 cm³/mol. The summed E-state index contributed by atoms with van der Waals surface area (Å²) in [5.74, 6) is 0.501. The molecule has 1 aromatic carbocycles. The van der Waals surface area contributed by atoms with Gasteiger partial charge in [-0.05, 0) is 64.5 Å². The summed E-state index contributed by atoms with van der Waals surface area (Å²) >= 11 is 1.87. The van der Waals surface area contributed by atoms with Gasteiger partial charge in [0.1, 0.15) is 0 Å². The highest BCUT2D eigenvalue weighted by atomic mass is 32.1. The molecule has 0 amide bonds. The van der Waals surface area contributed by atoms with E-state index in [4.69, 9.17) is 14.8 Å². The summed E-state index contributed by atoms with van der Waals surface area (Å²) in [6, 6.07) is 8.87.